The number of nitrogens with one attached hydrogen (secondary N) is 2. The third-order valence-corrected chi connectivity index (χ3v) is 4.60. The second-order valence-corrected chi connectivity index (χ2v) is 7.10. The number of hydrogen-bond donors (Lipinski definition) is 2. The van der Waals surface area contributed by atoms with Crippen molar-refractivity contribution >= 4 is 17.8 Å². The van der Waals surface area contributed by atoms with Crippen LogP contribution in [0.15, 0.2) is 60.8 Å². The normalized spacial score (nSPS) is 14.4. The maximum Gasteiger partial charge on any atom is 0.418 e. The number of rotatable bonds is 7. The summed E-state index contributed by atoms with van der Waals surface area (Å²) >= 11 is 0. The summed E-state index contributed by atoms with van der Waals surface area (Å²) in [6, 6.07) is 7.62. The number of aryl methyl sites for hydroxylation is 1. The highest BCUT2D eigenvalue weighted by molar-refractivity contribution is 6.04. The molecule has 2 aromatic rings. The molecule has 0 spiro atoms. The van der Waals surface area contributed by atoms with Crippen LogP contribution in [0.3, 0.4) is 0 Å². The molecular weight excluding hydrogens is 407 g/mol. The molecule has 1 aromatic carbocycles. The SMILES string of the molecule is Cc1ncc(C(=O)Nc2cccc(C(C)[N-]C=CNC3=C[N+](C)=C3)c2)cc1C(F)(F)F. The molecule has 6 nitrogen and oxygen atoms in total. The van der Waals surface area contributed by atoms with Gasteiger partial charge in [-0.25, -0.2) is 4.58 Å². The molecule has 0 saturated heterocycles. The third-order valence-electron chi connectivity index (χ3n) is 4.60. The van der Waals surface area contributed by atoms with Crippen molar-refractivity contribution in [1.29, 1.82) is 0 Å². The third kappa shape index (κ3) is 5.71. The van der Waals surface area contributed by atoms with Crippen molar-refractivity contribution in [3.63, 3.8) is 0 Å². The molecule has 0 radical (unpaired) electrons. The molecule has 1 aliphatic heterocycles. The first-order chi connectivity index (χ1) is 14.6. The summed E-state index contributed by atoms with van der Waals surface area (Å²) in [6.45, 7) is 3.15. The van der Waals surface area contributed by atoms with Gasteiger partial charge in [0.25, 0.3) is 5.91 Å². The fourth-order valence-electron chi connectivity index (χ4n) is 2.92. The quantitative estimate of drug-likeness (QED) is 0.626. The number of nitrogens with zero attached hydrogens (tertiary/aromatic N) is 3. The molecule has 1 amide bonds. The second-order valence-electron chi connectivity index (χ2n) is 7.10. The van der Waals surface area contributed by atoms with Gasteiger partial charge in [0.15, 0.2) is 18.1 Å². The lowest BCUT2D eigenvalue weighted by molar-refractivity contribution is -0.429. The average Bonchev–Trinajstić information content (AvgIpc) is 2.69. The minimum atomic E-state index is -4.57. The van der Waals surface area contributed by atoms with Gasteiger partial charge in [-0.15, -0.1) is 0 Å². The van der Waals surface area contributed by atoms with Crippen molar-refractivity contribution in [1.82, 2.24) is 10.3 Å². The van der Waals surface area contributed by atoms with Crippen molar-refractivity contribution in [3.05, 3.63) is 88.5 Å². The molecule has 1 atom stereocenters. The van der Waals surface area contributed by atoms with E-state index in [0.29, 0.717) is 5.69 Å². The zero-order valence-corrected chi connectivity index (χ0v) is 17.2. The van der Waals surface area contributed by atoms with Crippen LogP contribution in [0.2, 0.25) is 0 Å². The van der Waals surface area contributed by atoms with Crippen molar-refractivity contribution in [2.75, 3.05) is 12.4 Å². The lowest BCUT2D eigenvalue weighted by atomic mass is 10.1. The van der Waals surface area contributed by atoms with E-state index in [4.69, 9.17) is 0 Å². The van der Waals surface area contributed by atoms with Gasteiger partial charge in [0, 0.05) is 17.6 Å². The van der Waals surface area contributed by atoms with Crippen LogP contribution in [0.25, 0.3) is 5.32 Å². The molecule has 3 rings (SSSR count). The van der Waals surface area contributed by atoms with Gasteiger partial charge < -0.3 is 16.0 Å². The van der Waals surface area contributed by atoms with Gasteiger partial charge in [-0.3, -0.25) is 9.78 Å². The molecule has 1 aromatic heterocycles. The van der Waals surface area contributed by atoms with Gasteiger partial charge in [0.2, 0.25) is 0 Å². The number of aromatic nitrogens is 1. The van der Waals surface area contributed by atoms with Crippen LogP contribution in [0.1, 0.15) is 40.1 Å². The van der Waals surface area contributed by atoms with Crippen LogP contribution in [0.4, 0.5) is 18.9 Å². The number of alkyl halides is 3. The Morgan fingerprint density at radius 3 is 2.71 bits per heavy atom. The summed E-state index contributed by atoms with van der Waals surface area (Å²) in [5.41, 5.74) is 1.01. The number of hydrogen-bond acceptors (Lipinski definition) is 3. The monoisotopic (exact) mass is 429 g/mol. The van der Waals surface area contributed by atoms with Gasteiger partial charge in [-0.05, 0) is 31.3 Å². The Morgan fingerprint density at radius 1 is 1.29 bits per heavy atom. The Bertz CT molecular complexity index is 1070. The van der Waals surface area contributed by atoms with Gasteiger partial charge in [0.1, 0.15) is 7.05 Å². The molecule has 0 saturated carbocycles. The first kappa shape index (κ1) is 22.1. The van der Waals surface area contributed by atoms with Crippen LogP contribution in [0.5, 0.6) is 0 Å². The first-order valence-corrected chi connectivity index (χ1v) is 9.49. The van der Waals surface area contributed by atoms with E-state index in [0.717, 1.165) is 23.5 Å². The van der Waals surface area contributed by atoms with Crippen molar-refractivity contribution in [2.24, 2.45) is 0 Å². The Balaban J connectivity index is 1.63. The predicted octanol–water partition coefficient (Wildman–Crippen LogP) is 4.72. The van der Waals surface area contributed by atoms with E-state index in [1.165, 1.54) is 6.92 Å². The van der Waals surface area contributed by atoms with Gasteiger partial charge >= 0.3 is 6.18 Å². The second kappa shape index (κ2) is 9.03. The summed E-state index contributed by atoms with van der Waals surface area (Å²) in [4.78, 5) is 16.1. The lowest BCUT2D eigenvalue weighted by Gasteiger charge is -2.26. The number of allylic oxidation sites excluding steroid dienone is 1. The molecule has 0 fully saturated rings. The number of anilines is 1. The highest BCUT2D eigenvalue weighted by Crippen LogP contribution is 2.31. The highest BCUT2D eigenvalue weighted by atomic mass is 19.4. The topological polar surface area (TPSA) is 71.1 Å². The average molecular weight is 429 g/mol. The summed E-state index contributed by atoms with van der Waals surface area (Å²) < 4.78 is 41.1. The summed E-state index contributed by atoms with van der Waals surface area (Å²) in [5, 5.41) is 10.1. The zero-order chi connectivity index (χ0) is 22.6. The molecule has 9 heteroatoms. The van der Waals surface area contributed by atoms with E-state index < -0.39 is 17.6 Å². The maximum atomic E-state index is 13.1. The standard InChI is InChI=1S/C22H22F3N5O/c1-14(26-7-8-27-19-12-30(3)13-19)16-5-4-6-18(9-16)29-21(31)17-10-20(22(23,24)25)15(2)28-11-17/h4-14,27H,1-3H3,(H,29,31). The van der Waals surface area contributed by atoms with Crippen molar-refractivity contribution in [3.8, 4) is 0 Å². The van der Waals surface area contributed by atoms with Crippen molar-refractivity contribution < 1.29 is 22.5 Å². The molecule has 162 valence electrons. The molecule has 2 N–H and O–H groups in total. The van der Waals surface area contributed by atoms with Crippen LogP contribution in [0, 0.1) is 6.92 Å². The van der Waals surface area contributed by atoms with E-state index >= 15 is 0 Å². The smallest absolute Gasteiger partial charge is 0.418 e. The molecule has 31 heavy (non-hydrogen) atoms. The van der Waals surface area contributed by atoms with E-state index in [9.17, 15) is 18.0 Å². The van der Waals surface area contributed by atoms with E-state index in [1.54, 1.807) is 30.6 Å². The van der Waals surface area contributed by atoms with E-state index in [-0.39, 0.29) is 17.3 Å². The summed E-state index contributed by atoms with van der Waals surface area (Å²) in [5.74, 6) is -0.668. The Labute approximate surface area is 178 Å². The Morgan fingerprint density at radius 2 is 2.03 bits per heavy atom. The number of carbonyl (C=O) groups excluding carboxylic acids is 1. The van der Waals surface area contributed by atoms with Crippen LogP contribution in [-0.4, -0.2) is 28.7 Å². The highest BCUT2D eigenvalue weighted by Gasteiger charge is 2.33. The fraction of sp³-hybridized carbons (Fsp3) is 0.227. The number of pyridine rings is 1. The molecule has 1 unspecified atom stereocenters. The minimum absolute atomic E-state index is 0.164. The maximum absolute atomic E-state index is 13.1. The largest absolute Gasteiger partial charge is 0.683 e. The molecule has 0 aliphatic carbocycles. The van der Waals surface area contributed by atoms with E-state index in [1.807, 2.05) is 37.0 Å². The summed E-state index contributed by atoms with van der Waals surface area (Å²) in [6.07, 6.45) is 3.80. The number of amides is 1. The van der Waals surface area contributed by atoms with Crippen LogP contribution in [-0.2, 0) is 6.18 Å². The van der Waals surface area contributed by atoms with E-state index in [2.05, 4.69) is 20.9 Å². The van der Waals surface area contributed by atoms with Crippen LogP contribution < -0.4 is 10.6 Å². The number of carbonyl (C=O) groups is 1. The zero-order valence-electron chi connectivity index (χ0n) is 17.2. The number of halogens is 3. The molecule has 1 aliphatic rings. The predicted molar refractivity (Wildman–Crippen MR) is 113 cm³/mol. The van der Waals surface area contributed by atoms with Crippen molar-refractivity contribution in [2.45, 2.75) is 26.1 Å². The van der Waals surface area contributed by atoms with Gasteiger partial charge in [-0.1, -0.05) is 30.7 Å². The van der Waals surface area contributed by atoms with Gasteiger partial charge in [-0.2, -0.15) is 19.4 Å². The fourth-order valence-corrected chi connectivity index (χ4v) is 2.92. The molecule has 2 heterocycles. The molecular formula is C22H22F3N5O. The molecule has 0 bridgehead atoms. The Hall–Kier alpha value is -3.62. The Kier molecular flexibility index (Phi) is 6.43. The number of benzene rings is 1. The lowest BCUT2D eigenvalue weighted by Crippen LogP contribution is -2.21. The van der Waals surface area contributed by atoms with Crippen LogP contribution >= 0.6 is 0 Å². The first-order valence-electron chi connectivity index (χ1n) is 9.49. The summed E-state index contributed by atoms with van der Waals surface area (Å²) in [7, 11) is 1.93. The van der Waals surface area contributed by atoms with Gasteiger partial charge in [0.05, 0.1) is 11.1 Å². The minimum Gasteiger partial charge on any atom is -0.683 e.